The second-order valence-electron chi connectivity index (χ2n) is 4.24. The number of rotatable bonds is 5. The molecule has 2 atom stereocenters. The molecule has 0 aliphatic heterocycles. The van der Waals surface area contributed by atoms with E-state index >= 15 is 0 Å². The Kier molecular flexibility index (Phi) is 5.60. The average Bonchev–Trinajstić information content (AvgIpc) is 2.28. The van der Waals surface area contributed by atoms with Crippen LogP contribution in [0.2, 0.25) is 10.0 Å². The minimum atomic E-state index is 0.408. The quantitative estimate of drug-likeness (QED) is 0.830. The molecule has 0 radical (unpaired) electrons. The third-order valence-corrected chi connectivity index (χ3v) is 3.60. The van der Waals surface area contributed by atoms with Crippen molar-refractivity contribution in [3.63, 3.8) is 0 Å². The molecule has 2 unspecified atom stereocenters. The van der Waals surface area contributed by atoms with Gasteiger partial charge in [0.1, 0.15) is 0 Å². The van der Waals surface area contributed by atoms with Crippen LogP contribution < -0.4 is 5.32 Å². The van der Waals surface area contributed by atoms with Gasteiger partial charge in [-0.2, -0.15) is 0 Å². The van der Waals surface area contributed by atoms with E-state index in [1.165, 1.54) is 0 Å². The Hall–Kier alpha value is -0.240. The van der Waals surface area contributed by atoms with Crippen LogP contribution in [0.1, 0.15) is 32.3 Å². The van der Waals surface area contributed by atoms with Crippen molar-refractivity contribution in [3.8, 4) is 0 Å². The van der Waals surface area contributed by atoms with Gasteiger partial charge in [0, 0.05) is 10.0 Å². The molecule has 1 aromatic rings. The molecular formula is C13H19Cl2N. The molecule has 16 heavy (non-hydrogen) atoms. The van der Waals surface area contributed by atoms with Crippen LogP contribution >= 0.6 is 23.2 Å². The second-order valence-corrected chi connectivity index (χ2v) is 5.08. The molecule has 0 bridgehead atoms. The van der Waals surface area contributed by atoms with Crippen LogP contribution in [0, 0.1) is 5.92 Å². The minimum Gasteiger partial charge on any atom is -0.317 e. The van der Waals surface area contributed by atoms with Crippen LogP contribution in [0.25, 0.3) is 0 Å². The maximum Gasteiger partial charge on any atom is 0.0441 e. The Bertz CT molecular complexity index is 339. The molecule has 0 heterocycles. The van der Waals surface area contributed by atoms with Gasteiger partial charge in [-0.05, 0) is 48.7 Å². The lowest BCUT2D eigenvalue weighted by Crippen LogP contribution is -2.24. The molecule has 0 saturated heterocycles. The molecular weight excluding hydrogens is 241 g/mol. The number of hydrogen-bond donors (Lipinski definition) is 1. The highest BCUT2D eigenvalue weighted by atomic mass is 35.5. The maximum absolute atomic E-state index is 6.19. The monoisotopic (exact) mass is 259 g/mol. The summed E-state index contributed by atoms with van der Waals surface area (Å²) < 4.78 is 0. The standard InChI is InChI=1S/C13H19Cl2N/c1-4-16-8-9(2)10(3)12-7-11(14)5-6-13(12)15/h5-7,9-10,16H,4,8H2,1-3H3. The Morgan fingerprint density at radius 1 is 1.25 bits per heavy atom. The summed E-state index contributed by atoms with van der Waals surface area (Å²) in [6.07, 6.45) is 0. The summed E-state index contributed by atoms with van der Waals surface area (Å²) in [4.78, 5) is 0. The predicted molar refractivity (Wildman–Crippen MR) is 72.6 cm³/mol. The van der Waals surface area contributed by atoms with E-state index in [0.717, 1.165) is 28.7 Å². The molecule has 1 N–H and O–H groups in total. The summed E-state index contributed by atoms with van der Waals surface area (Å²) in [6, 6.07) is 5.67. The molecule has 0 aliphatic rings. The van der Waals surface area contributed by atoms with E-state index in [1.807, 2.05) is 18.2 Å². The van der Waals surface area contributed by atoms with Crippen molar-refractivity contribution >= 4 is 23.2 Å². The third-order valence-electron chi connectivity index (χ3n) is 3.02. The fourth-order valence-corrected chi connectivity index (χ4v) is 2.19. The van der Waals surface area contributed by atoms with E-state index in [1.54, 1.807) is 0 Å². The molecule has 0 fully saturated rings. The van der Waals surface area contributed by atoms with Crippen LogP contribution in [0.3, 0.4) is 0 Å². The van der Waals surface area contributed by atoms with Gasteiger partial charge >= 0.3 is 0 Å². The molecule has 1 aromatic carbocycles. The molecule has 1 rings (SSSR count). The third kappa shape index (κ3) is 3.65. The lowest BCUT2D eigenvalue weighted by Gasteiger charge is -2.21. The zero-order chi connectivity index (χ0) is 12.1. The lowest BCUT2D eigenvalue weighted by atomic mass is 9.89. The normalized spacial score (nSPS) is 14.8. The van der Waals surface area contributed by atoms with Crippen molar-refractivity contribution in [1.29, 1.82) is 0 Å². The second kappa shape index (κ2) is 6.48. The summed E-state index contributed by atoms with van der Waals surface area (Å²) in [7, 11) is 0. The van der Waals surface area contributed by atoms with Crippen LogP contribution in [0.4, 0.5) is 0 Å². The van der Waals surface area contributed by atoms with E-state index in [-0.39, 0.29) is 0 Å². The van der Waals surface area contributed by atoms with Crippen molar-refractivity contribution in [2.75, 3.05) is 13.1 Å². The summed E-state index contributed by atoms with van der Waals surface area (Å²) in [5, 5.41) is 4.91. The number of hydrogen-bond acceptors (Lipinski definition) is 1. The molecule has 0 saturated carbocycles. The van der Waals surface area contributed by atoms with Crippen molar-refractivity contribution < 1.29 is 0 Å². The van der Waals surface area contributed by atoms with Gasteiger partial charge in [-0.1, -0.05) is 44.0 Å². The zero-order valence-corrected chi connectivity index (χ0v) is 11.6. The molecule has 0 aliphatic carbocycles. The highest BCUT2D eigenvalue weighted by molar-refractivity contribution is 6.33. The van der Waals surface area contributed by atoms with Gasteiger partial charge in [0.25, 0.3) is 0 Å². The van der Waals surface area contributed by atoms with Crippen molar-refractivity contribution in [2.24, 2.45) is 5.92 Å². The summed E-state index contributed by atoms with van der Waals surface area (Å²) >= 11 is 12.2. The van der Waals surface area contributed by atoms with Crippen LogP contribution in [-0.2, 0) is 0 Å². The predicted octanol–water partition coefficient (Wildman–Crippen LogP) is 4.34. The topological polar surface area (TPSA) is 12.0 Å². The van der Waals surface area contributed by atoms with E-state index < -0.39 is 0 Å². The minimum absolute atomic E-state index is 0.408. The number of benzene rings is 1. The Morgan fingerprint density at radius 2 is 1.94 bits per heavy atom. The Balaban J connectivity index is 2.78. The van der Waals surface area contributed by atoms with Crippen LogP contribution in [-0.4, -0.2) is 13.1 Å². The first kappa shape index (κ1) is 13.8. The molecule has 3 heteroatoms. The van der Waals surface area contributed by atoms with Gasteiger partial charge in [0.05, 0.1) is 0 Å². The van der Waals surface area contributed by atoms with Gasteiger partial charge in [-0.25, -0.2) is 0 Å². The molecule has 0 aromatic heterocycles. The van der Waals surface area contributed by atoms with Crippen molar-refractivity contribution in [2.45, 2.75) is 26.7 Å². The van der Waals surface area contributed by atoms with Gasteiger partial charge in [-0.3, -0.25) is 0 Å². The van der Waals surface area contributed by atoms with E-state index in [0.29, 0.717) is 11.8 Å². The number of halogens is 2. The Morgan fingerprint density at radius 3 is 2.56 bits per heavy atom. The van der Waals surface area contributed by atoms with E-state index in [2.05, 4.69) is 26.1 Å². The molecule has 1 nitrogen and oxygen atoms in total. The largest absolute Gasteiger partial charge is 0.317 e. The average molecular weight is 260 g/mol. The first-order chi connectivity index (χ1) is 7.56. The van der Waals surface area contributed by atoms with Gasteiger partial charge in [0.15, 0.2) is 0 Å². The Labute approximate surface area is 108 Å². The lowest BCUT2D eigenvalue weighted by molar-refractivity contribution is 0.454. The van der Waals surface area contributed by atoms with Gasteiger partial charge < -0.3 is 5.32 Å². The first-order valence-corrected chi connectivity index (χ1v) is 6.47. The SMILES string of the molecule is CCNCC(C)C(C)c1cc(Cl)ccc1Cl. The molecule has 90 valence electrons. The van der Waals surface area contributed by atoms with Crippen molar-refractivity contribution in [1.82, 2.24) is 5.32 Å². The fourth-order valence-electron chi connectivity index (χ4n) is 1.72. The van der Waals surface area contributed by atoms with Gasteiger partial charge in [-0.15, -0.1) is 0 Å². The zero-order valence-electron chi connectivity index (χ0n) is 10.1. The van der Waals surface area contributed by atoms with Crippen LogP contribution in [0.5, 0.6) is 0 Å². The first-order valence-electron chi connectivity index (χ1n) is 5.72. The number of nitrogens with one attached hydrogen (secondary N) is 1. The smallest absolute Gasteiger partial charge is 0.0441 e. The summed E-state index contributed by atoms with van der Waals surface area (Å²) in [5.41, 5.74) is 1.14. The highest BCUT2D eigenvalue weighted by Crippen LogP contribution is 2.31. The summed E-state index contributed by atoms with van der Waals surface area (Å²) in [5.74, 6) is 0.946. The van der Waals surface area contributed by atoms with Crippen LogP contribution in [0.15, 0.2) is 18.2 Å². The highest BCUT2D eigenvalue weighted by Gasteiger charge is 2.16. The molecule has 0 spiro atoms. The van der Waals surface area contributed by atoms with Gasteiger partial charge in [0.2, 0.25) is 0 Å². The fraction of sp³-hybridized carbons (Fsp3) is 0.538. The maximum atomic E-state index is 6.19. The molecule has 0 amide bonds. The van der Waals surface area contributed by atoms with E-state index in [4.69, 9.17) is 23.2 Å². The van der Waals surface area contributed by atoms with E-state index in [9.17, 15) is 0 Å². The summed E-state index contributed by atoms with van der Waals surface area (Å²) in [6.45, 7) is 8.54. The van der Waals surface area contributed by atoms with Crippen molar-refractivity contribution in [3.05, 3.63) is 33.8 Å².